The highest BCUT2D eigenvalue weighted by Gasteiger charge is 2.21. The molecule has 1 rings (SSSR count). The van der Waals surface area contributed by atoms with Gasteiger partial charge in [-0.15, -0.1) is 12.4 Å². The van der Waals surface area contributed by atoms with E-state index in [1.54, 1.807) is 0 Å². The number of halogens is 3. The summed E-state index contributed by atoms with van der Waals surface area (Å²) in [6.07, 6.45) is 1.30. The van der Waals surface area contributed by atoms with Crippen LogP contribution in [0.25, 0.3) is 0 Å². The normalized spacial score (nSPS) is 11.1. The molecule has 0 heterocycles. The highest BCUT2D eigenvalue weighted by molar-refractivity contribution is 7.89. The van der Waals surface area contributed by atoms with Gasteiger partial charge in [0.05, 0.1) is 5.02 Å². The van der Waals surface area contributed by atoms with Gasteiger partial charge < -0.3 is 5.73 Å². The first-order valence-electron chi connectivity index (χ1n) is 5.13. The van der Waals surface area contributed by atoms with Crippen molar-refractivity contribution in [3.8, 4) is 0 Å². The van der Waals surface area contributed by atoms with Crippen LogP contribution in [-0.4, -0.2) is 21.5 Å². The SMILES string of the molecule is Cl.NCCCCNS(=O)(=O)c1c(F)cccc1Cl. The zero-order valence-corrected chi connectivity index (χ0v) is 11.9. The minimum atomic E-state index is -3.90. The first-order valence-corrected chi connectivity index (χ1v) is 6.99. The molecular weight excluding hydrogens is 302 g/mol. The average Bonchev–Trinajstić information content (AvgIpc) is 2.24. The van der Waals surface area contributed by atoms with E-state index in [2.05, 4.69) is 4.72 Å². The van der Waals surface area contributed by atoms with Gasteiger partial charge in [0, 0.05) is 6.54 Å². The fourth-order valence-electron chi connectivity index (χ4n) is 1.29. The van der Waals surface area contributed by atoms with E-state index in [4.69, 9.17) is 17.3 Å². The molecule has 0 spiro atoms. The van der Waals surface area contributed by atoms with Crippen LogP contribution in [0.15, 0.2) is 23.1 Å². The molecule has 0 unspecified atom stereocenters. The minimum absolute atomic E-state index is 0. The molecule has 0 bridgehead atoms. The molecule has 8 heteroatoms. The predicted octanol–water partition coefficient (Wildman–Crippen LogP) is 1.92. The molecule has 0 amide bonds. The van der Waals surface area contributed by atoms with Crippen molar-refractivity contribution in [1.29, 1.82) is 0 Å². The third-order valence-electron chi connectivity index (χ3n) is 2.11. The molecule has 1 aromatic carbocycles. The van der Waals surface area contributed by atoms with Crippen molar-refractivity contribution in [2.45, 2.75) is 17.7 Å². The van der Waals surface area contributed by atoms with Gasteiger partial charge in [0.1, 0.15) is 10.7 Å². The second-order valence-corrected chi connectivity index (χ2v) is 5.56. The number of sulfonamides is 1. The van der Waals surface area contributed by atoms with Crippen LogP contribution < -0.4 is 10.5 Å². The highest BCUT2D eigenvalue weighted by Crippen LogP contribution is 2.23. The Balaban J connectivity index is 0.00000289. The summed E-state index contributed by atoms with van der Waals surface area (Å²) in [7, 11) is -3.90. The van der Waals surface area contributed by atoms with Crippen LogP contribution in [0, 0.1) is 5.82 Å². The molecule has 18 heavy (non-hydrogen) atoms. The van der Waals surface area contributed by atoms with Crippen LogP contribution in [0.2, 0.25) is 5.02 Å². The molecule has 3 N–H and O–H groups in total. The quantitative estimate of drug-likeness (QED) is 0.787. The zero-order valence-electron chi connectivity index (χ0n) is 9.53. The summed E-state index contributed by atoms with van der Waals surface area (Å²) in [5, 5.41) is -0.128. The highest BCUT2D eigenvalue weighted by atomic mass is 35.5. The summed E-state index contributed by atoms with van der Waals surface area (Å²) < 4.78 is 39.2. The fraction of sp³-hybridized carbons (Fsp3) is 0.400. The van der Waals surface area contributed by atoms with Crippen molar-refractivity contribution >= 4 is 34.0 Å². The summed E-state index contributed by atoms with van der Waals surface area (Å²) in [6, 6.07) is 3.74. The monoisotopic (exact) mass is 316 g/mol. The lowest BCUT2D eigenvalue weighted by atomic mass is 10.3. The Kier molecular flexibility index (Phi) is 7.73. The third kappa shape index (κ3) is 4.70. The molecule has 0 saturated heterocycles. The van der Waals surface area contributed by atoms with Gasteiger partial charge in [-0.3, -0.25) is 0 Å². The van der Waals surface area contributed by atoms with Crippen molar-refractivity contribution < 1.29 is 12.8 Å². The maximum Gasteiger partial charge on any atom is 0.244 e. The van der Waals surface area contributed by atoms with E-state index in [-0.39, 0.29) is 24.0 Å². The second kappa shape index (κ2) is 7.91. The topological polar surface area (TPSA) is 72.2 Å². The lowest BCUT2D eigenvalue weighted by Gasteiger charge is -2.08. The number of nitrogens with two attached hydrogens (primary N) is 1. The predicted molar refractivity (Wildman–Crippen MR) is 72.1 cm³/mol. The van der Waals surface area contributed by atoms with Gasteiger partial charge in [0.2, 0.25) is 10.0 Å². The molecule has 0 atom stereocenters. The van der Waals surface area contributed by atoms with Gasteiger partial charge in [0.15, 0.2) is 0 Å². The molecule has 4 nitrogen and oxygen atoms in total. The van der Waals surface area contributed by atoms with Gasteiger partial charge in [-0.25, -0.2) is 17.5 Å². The number of rotatable bonds is 6. The van der Waals surface area contributed by atoms with E-state index in [0.29, 0.717) is 19.4 Å². The second-order valence-electron chi connectivity index (χ2n) is 3.44. The first-order chi connectivity index (χ1) is 7.99. The Morgan fingerprint density at radius 3 is 2.56 bits per heavy atom. The zero-order chi connectivity index (χ0) is 12.9. The number of nitrogens with one attached hydrogen (secondary N) is 1. The summed E-state index contributed by atoms with van der Waals surface area (Å²) in [5.41, 5.74) is 5.28. The van der Waals surface area contributed by atoms with E-state index in [1.807, 2.05) is 0 Å². The van der Waals surface area contributed by atoms with E-state index >= 15 is 0 Å². The Hall–Kier alpha value is -0.400. The van der Waals surface area contributed by atoms with Crippen LogP contribution >= 0.6 is 24.0 Å². The van der Waals surface area contributed by atoms with Gasteiger partial charge in [-0.05, 0) is 31.5 Å². The number of hydrogen-bond donors (Lipinski definition) is 2. The molecule has 0 aliphatic rings. The molecule has 104 valence electrons. The largest absolute Gasteiger partial charge is 0.330 e. The Morgan fingerprint density at radius 1 is 1.33 bits per heavy atom. The van der Waals surface area contributed by atoms with Gasteiger partial charge in [-0.1, -0.05) is 17.7 Å². The van der Waals surface area contributed by atoms with E-state index < -0.39 is 20.7 Å². The van der Waals surface area contributed by atoms with Crippen LogP contribution in [0.5, 0.6) is 0 Å². The molecule has 0 saturated carbocycles. The number of unbranched alkanes of at least 4 members (excludes halogenated alkanes) is 1. The van der Waals surface area contributed by atoms with Crippen molar-refractivity contribution in [2.75, 3.05) is 13.1 Å². The van der Waals surface area contributed by atoms with Crippen LogP contribution in [0.3, 0.4) is 0 Å². The lowest BCUT2D eigenvalue weighted by Crippen LogP contribution is -2.26. The van der Waals surface area contributed by atoms with Crippen molar-refractivity contribution in [2.24, 2.45) is 5.73 Å². The van der Waals surface area contributed by atoms with Crippen LogP contribution in [-0.2, 0) is 10.0 Å². The Bertz CT molecular complexity index is 463. The molecular formula is C10H15Cl2FN2O2S. The fourth-order valence-corrected chi connectivity index (χ4v) is 2.96. The maximum atomic E-state index is 13.4. The molecule has 0 fully saturated rings. The molecule has 0 radical (unpaired) electrons. The van der Waals surface area contributed by atoms with Crippen molar-refractivity contribution in [3.63, 3.8) is 0 Å². The van der Waals surface area contributed by atoms with E-state index in [1.165, 1.54) is 12.1 Å². The Morgan fingerprint density at radius 2 is 2.00 bits per heavy atom. The van der Waals surface area contributed by atoms with Crippen LogP contribution in [0.4, 0.5) is 4.39 Å². The molecule has 1 aromatic rings. The summed E-state index contributed by atoms with van der Waals surface area (Å²) in [5.74, 6) is -0.858. The average molecular weight is 317 g/mol. The van der Waals surface area contributed by atoms with Crippen LogP contribution in [0.1, 0.15) is 12.8 Å². The minimum Gasteiger partial charge on any atom is -0.330 e. The molecule has 0 aliphatic heterocycles. The van der Waals surface area contributed by atoms with Gasteiger partial charge in [0.25, 0.3) is 0 Å². The van der Waals surface area contributed by atoms with Gasteiger partial charge >= 0.3 is 0 Å². The third-order valence-corrected chi connectivity index (χ3v) is 4.07. The molecule has 0 aliphatic carbocycles. The smallest absolute Gasteiger partial charge is 0.244 e. The first kappa shape index (κ1) is 17.6. The summed E-state index contributed by atoms with van der Waals surface area (Å²) >= 11 is 5.67. The summed E-state index contributed by atoms with van der Waals surface area (Å²) in [6.45, 7) is 0.701. The van der Waals surface area contributed by atoms with E-state index in [9.17, 15) is 12.8 Å². The van der Waals surface area contributed by atoms with E-state index in [0.717, 1.165) is 6.07 Å². The van der Waals surface area contributed by atoms with Crippen molar-refractivity contribution in [3.05, 3.63) is 29.0 Å². The van der Waals surface area contributed by atoms with Gasteiger partial charge in [-0.2, -0.15) is 0 Å². The van der Waals surface area contributed by atoms with Crippen molar-refractivity contribution in [1.82, 2.24) is 4.72 Å². The summed E-state index contributed by atoms with van der Waals surface area (Å²) in [4.78, 5) is -0.505. The standard InChI is InChI=1S/C10H14ClFN2O2S.ClH/c11-8-4-3-5-9(12)10(8)17(15,16)14-7-2-1-6-13;/h3-5,14H,1-2,6-7,13H2;1H. The maximum absolute atomic E-state index is 13.4. The number of hydrogen-bond acceptors (Lipinski definition) is 3. The molecule has 0 aromatic heterocycles. The number of benzene rings is 1. The lowest BCUT2D eigenvalue weighted by molar-refractivity contribution is 0.554. The Labute approximate surface area is 117 Å².